The molecule has 2 aromatic heterocycles. The molecule has 4 aromatic rings. The standard InChI is InChI=1S/C23H20FN3O4/c1-26-12-18(15-8-20(24)19(13-28)21(9-15)31-3)17-10-25-27(22(17)23(26)29)11-14-4-6-16(30-2)7-5-14/h4-10,12-13H,11H2,1-3H3. The molecule has 0 unspecified atom stereocenters. The Morgan fingerprint density at radius 3 is 2.52 bits per heavy atom. The SMILES string of the molecule is COc1ccc(Cn2ncc3c(-c4cc(F)c(C=O)c(OC)c4)cn(C)c(=O)c32)cc1. The Bertz CT molecular complexity index is 1340. The number of ether oxygens (including phenoxy) is 2. The van der Waals surface area contributed by atoms with E-state index in [1.165, 1.54) is 17.7 Å². The molecule has 158 valence electrons. The molecule has 0 saturated heterocycles. The number of aldehydes is 1. The Labute approximate surface area is 177 Å². The zero-order chi connectivity index (χ0) is 22.1. The van der Waals surface area contributed by atoms with E-state index in [0.717, 1.165) is 11.3 Å². The van der Waals surface area contributed by atoms with Gasteiger partial charge in [0, 0.05) is 24.2 Å². The van der Waals surface area contributed by atoms with E-state index in [4.69, 9.17) is 9.47 Å². The topological polar surface area (TPSA) is 75.4 Å². The number of hydrogen-bond acceptors (Lipinski definition) is 5. The lowest BCUT2D eigenvalue weighted by atomic mass is 10.0. The second-order valence-electron chi connectivity index (χ2n) is 7.06. The molecule has 0 amide bonds. The Kier molecular flexibility index (Phi) is 5.29. The summed E-state index contributed by atoms with van der Waals surface area (Å²) in [6.07, 6.45) is 3.63. The van der Waals surface area contributed by atoms with Gasteiger partial charge in [0.05, 0.1) is 32.5 Å². The first-order valence-electron chi connectivity index (χ1n) is 9.48. The maximum atomic E-state index is 14.5. The van der Waals surface area contributed by atoms with Gasteiger partial charge < -0.3 is 14.0 Å². The highest BCUT2D eigenvalue weighted by molar-refractivity contribution is 5.95. The first kappa shape index (κ1) is 20.3. The van der Waals surface area contributed by atoms with Gasteiger partial charge in [-0.3, -0.25) is 14.3 Å². The largest absolute Gasteiger partial charge is 0.497 e. The molecule has 0 saturated carbocycles. The van der Waals surface area contributed by atoms with Crippen molar-refractivity contribution in [3.8, 4) is 22.6 Å². The number of aryl methyl sites for hydroxylation is 1. The van der Waals surface area contributed by atoms with Gasteiger partial charge in [-0.2, -0.15) is 5.10 Å². The van der Waals surface area contributed by atoms with Crippen LogP contribution in [0.4, 0.5) is 4.39 Å². The van der Waals surface area contributed by atoms with Gasteiger partial charge in [0.2, 0.25) is 0 Å². The lowest BCUT2D eigenvalue weighted by Gasteiger charge is -2.11. The van der Waals surface area contributed by atoms with Crippen LogP contribution in [0.5, 0.6) is 11.5 Å². The van der Waals surface area contributed by atoms with E-state index in [1.807, 2.05) is 24.3 Å². The molecule has 0 aliphatic heterocycles. The van der Waals surface area contributed by atoms with Crippen LogP contribution in [0.2, 0.25) is 0 Å². The average Bonchev–Trinajstić information content (AvgIpc) is 3.19. The Balaban J connectivity index is 1.87. The summed E-state index contributed by atoms with van der Waals surface area (Å²) in [4.78, 5) is 24.1. The molecule has 0 atom stereocenters. The molecule has 4 rings (SSSR count). The molecule has 0 aliphatic rings. The van der Waals surface area contributed by atoms with Crippen molar-refractivity contribution in [2.45, 2.75) is 6.54 Å². The first-order valence-corrected chi connectivity index (χ1v) is 9.48. The number of pyridine rings is 1. The number of aromatic nitrogens is 3. The van der Waals surface area contributed by atoms with E-state index in [1.54, 1.807) is 37.3 Å². The number of methoxy groups -OCH3 is 2. The molecule has 7 nitrogen and oxygen atoms in total. The minimum Gasteiger partial charge on any atom is -0.497 e. The zero-order valence-electron chi connectivity index (χ0n) is 17.3. The second kappa shape index (κ2) is 8.06. The summed E-state index contributed by atoms with van der Waals surface area (Å²) in [6.45, 7) is 0.383. The van der Waals surface area contributed by atoms with Crippen molar-refractivity contribution in [1.82, 2.24) is 14.3 Å². The zero-order valence-corrected chi connectivity index (χ0v) is 17.3. The second-order valence-corrected chi connectivity index (χ2v) is 7.06. The van der Waals surface area contributed by atoms with Crippen LogP contribution < -0.4 is 15.0 Å². The van der Waals surface area contributed by atoms with Crippen LogP contribution in [0, 0.1) is 5.82 Å². The minimum absolute atomic E-state index is 0.123. The molecule has 0 radical (unpaired) electrons. The number of benzene rings is 2. The molecule has 0 fully saturated rings. The first-order chi connectivity index (χ1) is 15.0. The van der Waals surface area contributed by atoms with Crippen LogP contribution >= 0.6 is 0 Å². The Morgan fingerprint density at radius 1 is 1.13 bits per heavy atom. The minimum atomic E-state index is -0.697. The molecule has 0 aliphatic carbocycles. The molecule has 2 aromatic carbocycles. The predicted molar refractivity (Wildman–Crippen MR) is 114 cm³/mol. The van der Waals surface area contributed by atoms with E-state index >= 15 is 0 Å². The molecule has 0 spiro atoms. The number of hydrogen-bond donors (Lipinski definition) is 0. The highest BCUT2D eigenvalue weighted by Gasteiger charge is 2.18. The smallest absolute Gasteiger partial charge is 0.276 e. The number of fused-ring (bicyclic) bond motifs is 1. The number of carbonyl (C=O) groups excluding carboxylic acids is 1. The maximum absolute atomic E-state index is 14.5. The molecule has 31 heavy (non-hydrogen) atoms. The predicted octanol–water partition coefficient (Wildman–Crippen LogP) is 3.42. The summed E-state index contributed by atoms with van der Waals surface area (Å²) in [5.74, 6) is 0.164. The lowest BCUT2D eigenvalue weighted by Crippen LogP contribution is -2.20. The molecular weight excluding hydrogens is 401 g/mol. The highest BCUT2D eigenvalue weighted by atomic mass is 19.1. The van der Waals surface area contributed by atoms with Gasteiger partial charge in [-0.1, -0.05) is 12.1 Å². The number of rotatable bonds is 6. The van der Waals surface area contributed by atoms with Crippen molar-refractivity contribution in [2.75, 3.05) is 14.2 Å². The van der Waals surface area contributed by atoms with Gasteiger partial charge in [0.1, 0.15) is 22.8 Å². The van der Waals surface area contributed by atoms with Gasteiger partial charge in [0.25, 0.3) is 5.56 Å². The van der Waals surface area contributed by atoms with E-state index in [2.05, 4.69) is 5.10 Å². The van der Waals surface area contributed by atoms with Crippen LogP contribution in [0.1, 0.15) is 15.9 Å². The Morgan fingerprint density at radius 2 is 1.87 bits per heavy atom. The number of carbonyl (C=O) groups is 1. The summed E-state index contributed by atoms with van der Waals surface area (Å²) in [5, 5.41) is 4.99. The van der Waals surface area contributed by atoms with Gasteiger partial charge in [-0.25, -0.2) is 4.39 Å². The van der Waals surface area contributed by atoms with Gasteiger partial charge >= 0.3 is 0 Å². The molecule has 2 heterocycles. The van der Waals surface area contributed by atoms with Crippen molar-refractivity contribution in [3.05, 3.63) is 76.1 Å². The maximum Gasteiger partial charge on any atom is 0.276 e. The van der Waals surface area contributed by atoms with Crippen molar-refractivity contribution in [3.63, 3.8) is 0 Å². The van der Waals surface area contributed by atoms with E-state index < -0.39 is 5.82 Å². The molecule has 0 N–H and O–H groups in total. The molecule has 0 bridgehead atoms. The third kappa shape index (κ3) is 3.56. The fourth-order valence-electron chi connectivity index (χ4n) is 3.58. The fourth-order valence-corrected chi connectivity index (χ4v) is 3.58. The quantitative estimate of drug-likeness (QED) is 0.446. The summed E-state index contributed by atoms with van der Waals surface area (Å²) in [5.41, 5.74) is 2.05. The van der Waals surface area contributed by atoms with Crippen molar-refractivity contribution in [2.24, 2.45) is 7.05 Å². The third-order valence-corrected chi connectivity index (χ3v) is 5.21. The van der Waals surface area contributed by atoms with Gasteiger partial charge in [-0.05, 0) is 35.4 Å². The summed E-state index contributed by atoms with van der Waals surface area (Å²) >= 11 is 0. The van der Waals surface area contributed by atoms with Crippen LogP contribution in [0.25, 0.3) is 22.0 Å². The van der Waals surface area contributed by atoms with Crippen LogP contribution in [-0.2, 0) is 13.6 Å². The molecule has 8 heteroatoms. The summed E-state index contributed by atoms with van der Waals surface area (Å²) in [7, 11) is 4.60. The molecular formula is C23H20FN3O4. The Hall–Kier alpha value is -3.94. The highest BCUT2D eigenvalue weighted by Crippen LogP contribution is 2.32. The van der Waals surface area contributed by atoms with E-state index in [0.29, 0.717) is 34.9 Å². The monoisotopic (exact) mass is 421 g/mol. The van der Waals surface area contributed by atoms with Crippen LogP contribution in [0.3, 0.4) is 0 Å². The summed E-state index contributed by atoms with van der Waals surface area (Å²) < 4.78 is 27.9. The lowest BCUT2D eigenvalue weighted by molar-refractivity contribution is 0.111. The number of halogens is 1. The van der Waals surface area contributed by atoms with Crippen molar-refractivity contribution < 1.29 is 18.7 Å². The van der Waals surface area contributed by atoms with Gasteiger partial charge in [-0.15, -0.1) is 0 Å². The number of nitrogens with zero attached hydrogens (tertiary/aromatic N) is 3. The normalized spacial score (nSPS) is 11.0. The fraction of sp³-hybridized carbons (Fsp3) is 0.174. The average molecular weight is 421 g/mol. The summed E-state index contributed by atoms with van der Waals surface area (Å²) in [6, 6.07) is 10.3. The van der Waals surface area contributed by atoms with Crippen molar-refractivity contribution >= 4 is 17.2 Å². The van der Waals surface area contributed by atoms with Crippen LogP contribution in [-0.4, -0.2) is 34.9 Å². The van der Waals surface area contributed by atoms with Gasteiger partial charge in [0.15, 0.2) is 6.29 Å². The van der Waals surface area contributed by atoms with Crippen LogP contribution in [0.15, 0.2) is 53.6 Å². The van der Waals surface area contributed by atoms with Crippen molar-refractivity contribution in [1.29, 1.82) is 0 Å². The van der Waals surface area contributed by atoms with E-state index in [-0.39, 0.29) is 16.9 Å². The van der Waals surface area contributed by atoms with E-state index in [9.17, 15) is 14.0 Å². The third-order valence-electron chi connectivity index (χ3n) is 5.21.